The molecule has 0 fully saturated rings. The maximum Gasteiger partial charge on any atom is 0.175 e. The Kier molecular flexibility index (Phi) is 3.48. The molecular formula is C18H17ClN2O2S. The number of benzene rings is 1. The lowest BCUT2D eigenvalue weighted by molar-refractivity contribution is 0.509. The SMILES string of the molecule is CS(=O)(=O)c1ccc(-c2cnc3c(c2Cl)C2(CC=CC2)CN3)cc1. The summed E-state index contributed by atoms with van der Waals surface area (Å²) in [5.41, 5.74) is 2.79. The topological polar surface area (TPSA) is 59.1 Å². The summed E-state index contributed by atoms with van der Waals surface area (Å²) in [6.45, 7) is 0.846. The molecule has 1 aromatic heterocycles. The minimum atomic E-state index is -3.21. The van der Waals surface area contributed by atoms with E-state index < -0.39 is 9.84 Å². The summed E-state index contributed by atoms with van der Waals surface area (Å²) >= 11 is 6.76. The minimum absolute atomic E-state index is 0.00211. The van der Waals surface area contributed by atoms with Crippen LogP contribution in [0.15, 0.2) is 47.5 Å². The van der Waals surface area contributed by atoms with E-state index in [4.69, 9.17) is 11.6 Å². The van der Waals surface area contributed by atoms with Gasteiger partial charge in [-0.2, -0.15) is 0 Å². The van der Waals surface area contributed by atoms with Crippen molar-refractivity contribution in [2.45, 2.75) is 23.2 Å². The largest absolute Gasteiger partial charge is 0.369 e. The molecule has 0 unspecified atom stereocenters. The average Bonchev–Trinajstić information content (AvgIpc) is 3.16. The highest BCUT2D eigenvalue weighted by Crippen LogP contribution is 2.49. The average molecular weight is 361 g/mol. The molecule has 1 N–H and O–H groups in total. The van der Waals surface area contributed by atoms with Crippen molar-refractivity contribution in [3.8, 4) is 11.1 Å². The zero-order valence-electron chi connectivity index (χ0n) is 13.2. The van der Waals surface area contributed by atoms with Crippen LogP contribution in [0.2, 0.25) is 5.02 Å². The fraction of sp³-hybridized carbons (Fsp3) is 0.278. The van der Waals surface area contributed by atoms with Crippen molar-refractivity contribution < 1.29 is 8.42 Å². The molecule has 0 bridgehead atoms. The summed E-state index contributed by atoms with van der Waals surface area (Å²) in [5, 5.41) is 4.08. The minimum Gasteiger partial charge on any atom is -0.369 e. The Balaban J connectivity index is 1.81. The van der Waals surface area contributed by atoms with Crippen molar-refractivity contribution in [2.24, 2.45) is 0 Å². The Morgan fingerprint density at radius 3 is 2.46 bits per heavy atom. The molecule has 2 aromatic rings. The summed E-state index contributed by atoms with van der Waals surface area (Å²) < 4.78 is 23.2. The first-order chi connectivity index (χ1) is 11.4. The molecule has 124 valence electrons. The van der Waals surface area contributed by atoms with Crippen LogP contribution in [-0.2, 0) is 15.3 Å². The number of hydrogen-bond acceptors (Lipinski definition) is 4. The van der Waals surface area contributed by atoms with Crippen LogP contribution in [0.25, 0.3) is 11.1 Å². The molecule has 0 atom stereocenters. The highest BCUT2D eigenvalue weighted by atomic mass is 35.5. The molecule has 0 saturated carbocycles. The summed E-state index contributed by atoms with van der Waals surface area (Å²) in [5.74, 6) is 0.861. The summed E-state index contributed by atoms with van der Waals surface area (Å²) in [6.07, 6.45) is 9.27. The van der Waals surface area contributed by atoms with Crippen molar-refractivity contribution in [3.05, 3.63) is 53.2 Å². The van der Waals surface area contributed by atoms with Gasteiger partial charge in [-0.3, -0.25) is 0 Å². The Hall–Kier alpha value is -1.85. The first-order valence-electron chi connectivity index (χ1n) is 7.79. The molecule has 1 aliphatic heterocycles. The number of pyridine rings is 1. The quantitative estimate of drug-likeness (QED) is 0.827. The van der Waals surface area contributed by atoms with Crippen LogP contribution in [0.4, 0.5) is 5.82 Å². The highest BCUT2D eigenvalue weighted by Gasteiger charge is 2.42. The van der Waals surface area contributed by atoms with Gasteiger partial charge in [0.2, 0.25) is 0 Å². The lowest BCUT2D eigenvalue weighted by Gasteiger charge is -2.24. The second-order valence-corrected chi connectivity index (χ2v) is 8.91. The zero-order chi connectivity index (χ0) is 16.9. The van der Waals surface area contributed by atoms with Crippen LogP contribution in [-0.4, -0.2) is 26.2 Å². The first-order valence-corrected chi connectivity index (χ1v) is 10.1. The van der Waals surface area contributed by atoms with Crippen LogP contribution in [0.1, 0.15) is 18.4 Å². The number of sulfone groups is 1. The standard InChI is InChI=1S/C18H17ClN2O2S/c1-24(22,23)13-6-4-12(5-7-13)14-10-20-17-15(16(14)19)18(11-21-17)8-2-3-9-18/h2-7,10H,8-9,11H2,1H3,(H,20,21). The van der Waals surface area contributed by atoms with E-state index in [1.165, 1.54) is 6.26 Å². The Bertz CT molecular complexity index is 942. The molecule has 0 radical (unpaired) electrons. The van der Waals surface area contributed by atoms with E-state index in [-0.39, 0.29) is 5.41 Å². The lowest BCUT2D eigenvalue weighted by Crippen LogP contribution is -2.25. The maximum absolute atomic E-state index is 11.6. The van der Waals surface area contributed by atoms with Gasteiger partial charge >= 0.3 is 0 Å². The van der Waals surface area contributed by atoms with Gasteiger partial charge in [0.05, 0.1) is 9.92 Å². The number of hydrogen-bond donors (Lipinski definition) is 1. The van der Waals surface area contributed by atoms with E-state index in [0.29, 0.717) is 9.92 Å². The molecule has 1 aliphatic carbocycles. The second-order valence-electron chi connectivity index (χ2n) is 6.52. The number of nitrogens with zero attached hydrogens (tertiary/aromatic N) is 1. The monoisotopic (exact) mass is 360 g/mol. The van der Waals surface area contributed by atoms with Gasteiger partial charge in [-0.15, -0.1) is 0 Å². The third-order valence-corrected chi connectivity index (χ3v) is 6.44. The molecule has 0 amide bonds. The van der Waals surface area contributed by atoms with Crippen LogP contribution >= 0.6 is 11.6 Å². The maximum atomic E-state index is 11.6. The van der Waals surface area contributed by atoms with E-state index in [1.54, 1.807) is 30.5 Å². The highest BCUT2D eigenvalue weighted by molar-refractivity contribution is 7.90. The van der Waals surface area contributed by atoms with Crippen LogP contribution in [0.5, 0.6) is 0 Å². The number of halogens is 1. The van der Waals surface area contributed by atoms with Crippen molar-refractivity contribution in [1.82, 2.24) is 4.98 Å². The normalized spacial score (nSPS) is 17.9. The van der Waals surface area contributed by atoms with Crippen LogP contribution in [0, 0.1) is 0 Å². The summed E-state index contributed by atoms with van der Waals surface area (Å²) in [6, 6.07) is 6.79. The van der Waals surface area contributed by atoms with Gasteiger partial charge in [-0.25, -0.2) is 13.4 Å². The third kappa shape index (κ3) is 2.34. The smallest absolute Gasteiger partial charge is 0.175 e. The Morgan fingerprint density at radius 2 is 1.83 bits per heavy atom. The van der Waals surface area contributed by atoms with E-state index in [2.05, 4.69) is 22.5 Å². The van der Waals surface area contributed by atoms with Gasteiger partial charge in [-0.05, 0) is 30.5 Å². The number of allylic oxidation sites excluding steroid dienone is 2. The molecule has 6 heteroatoms. The molecular weight excluding hydrogens is 344 g/mol. The molecule has 24 heavy (non-hydrogen) atoms. The second kappa shape index (κ2) is 5.33. The van der Waals surface area contributed by atoms with Gasteiger partial charge in [-0.1, -0.05) is 35.9 Å². The third-order valence-electron chi connectivity index (χ3n) is 4.92. The number of fused-ring (bicyclic) bond motifs is 2. The predicted molar refractivity (Wildman–Crippen MR) is 96.3 cm³/mol. The molecule has 2 aliphatic rings. The Morgan fingerprint density at radius 1 is 1.17 bits per heavy atom. The van der Waals surface area contributed by atoms with Gasteiger partial charge in [0.25, 0.3) is 0 Å². The zero-order valence-corrected chi connectivity index (χ0v) is 14.8. The molecule has 0 saturated heterocycles. The van der Waals surface area contributed by atoms with Crippen molar-refractivity contribution in [1.29, 1.82) is 0 Å². The van der Waals surface area contributed by atoms with Gasteiger partial charge in [0, 0.05) is 35.5 Å². The van der Waals surface area contributed by atoms with E-state index in [9.17, 15) is 8.42 Å². The Labute approximate surface area is 146 Å². The fourth-order valence-electron chi connectivity index (χ4n) is 3.58. The van der Waals surface area contributed by atoms with Gasteiger partial charge in [0.1, 0.15) is 5.82 Å². The molecule has 4 nitrogen and oxygen atoms in total. The predicted octanol–water partition coefficient (Wildman–Crippen LogP) is 3.82. The van der Waals surface area contributed by atoms with Crippen LogP contribution < -0.4 is 5.32 Å². The lowest BCUT2D eigenvalue weighted by atomic mass is 9.80. The number of aromatic nitrogens is 1. The number of anilines is 1. The van der Waals surface area contributed by atoms with Crippen molar-refractivity contribution >= 4 is 27.3 Å². The summed E-state index contributed by atoms with van der Waals surface area (Å²) in [7, 11) is -3.21. The first kappa shape index (κ1) is 15.7. The van der Waals surface area contributed by atoms with Crippen molar-refractivity contribution in [3.63, 3.8) is 0 Å². The van der Waals surface area contributed by atoms with Crippen molar-refractivity contribution in [2.75, 3.05) is 18.1 Å². The van der Waals surface area contributed by atoms with E-state index >= 15 is 0 Å². The number of rotatable bonds is 2. The molecule has 1 aromatic carbocycles. The van der Waals surface area contributed by atoms with E-state index in [1.807, 2.05) is 0 Å². The molecule has 4 rings (SSSR count). The van der Waals surface area contributed by atoms with Gasteiger partial charge < -0.3 is 5.32 Å². The fourth-order valence-corrected chi connectivity index (χ4v) is 4.66. The van der Waals surface area contributed by atoms with E-state index in [0.717, 1.165) is 41.9 Å². The van der Waals surface area contributed by atoms with Gasteiger partial charge in [0.15, 0.2) is 9.84 Å². The molecule has 1 spiro atoms. The van der Waals surface area contributed by atoms with Crippen LogP contribution in [0.3, 0.4) is 0 Å². The molecule has 2 heterocycles. The summed E-state index contributed by atoms with van der Waals surface area (Å²) in [4.78, 5) is 4.85. The number of nitrogens with one attached hydrogen (secondary N) is 1.